The summed E-state index contributed by atoms with van der Waals surface area (Å²) in [4.78, 5) is 26.2. The Morgan fingerprint density at radius 1 is 1.35 bits per heavy atom. The number of esters is 1. The van der Waals surface area contributed by atoms with E-state index in [-0.39, 0.29) is 11.9 Å². The van der Waals surface area contributed by atoms with Crippen LogP contribution in [0.5, 0.6) is 0 Å². The molecular weight excluding hydrogens is 254 g/mol. The van der Waals surface area contributed by atoms with Gasteiger partial charge in [0.15, 0.2) is 0 Å². The van der Waals surface area contributed by atoms with Gasteiger partial charge in [-0.1, -0.05) is 17.7 Å². The highest BCUT2D eigenvalue weighted by Gasteiger charge is 2.33. The Labute approximate surface area is 119 Å². The second kappa shape index (κ2) is 6.55. The third-order valence-corrected chi connectivity index (χ3v) is 3.59. The van der Waals surface area contributed by atoms with E-state index < -0.39 is 6.04 Å². The molecule has 4 heteroatoms. The van der Waals surface area contributed by atoms with Crippen molar-refractivity contribution in [3.05, 3.63) is 35.4 Å². The number of carbonyl (C=O) groups is 2. The number of carbonyl (C=O) groups excluding carboxylic acids is 2. The predicted molar refractivity (Wildman–Crippen MR) is 76.5 cm³/mol. The lowest BCUT2D eigenvalue weighted by Crippen LogP contribution is -2.48. The van der Waals surface area contributed by atoms with E-state index in [0.717, 1.165) is 18.4 Å². The van der Waals surface area contributed by atoms with E-state index in [9.17, 15) is 9.59 Å². The quantitative estimate of drug-likeness (QED) is 0.796. The van der Waals surface area contributed by atoms with Crippen LogP contribution in [0.15, 0.2) is 24.3 Å². The third kappa shape index (κ3) is 3.18. The van der Waals surface area contributed by atoms with Crippen LogP contribution in [-0.4, -0.2) is 36.0 Å². The maximum Gasteiger partial charge on any atom is 0.328 e. The van der Waals surface area contributed by atoms with Crippen LogP contribution in [0.2, 0.25) is 0 Å². The summed E-state index contributed by atoms with van der Waals surface area (Å²) in [7, 11) is 0. The molecule has 1 atom stereocenters. The molecule has 1 aliphatic rings. The predicted octanol–water partition coefficient (Wildman–Crippen LogP) is 2.55. The van der Waals surface area contributed by atoms with Gasteiger partial charge in [-0.3, -0.25) is 4.79 Å². The molecule has 1 unspecified atom stereocenters. The van der Waals surface area contributed by atoms with Crippen molar-refractivity contribution in [1.82, 2.24) is 4.90 Å². The average molecular weight is 275 g/mol. The molecule has 0 saturated carbocycles. The number of benzene rings is 1. The van der Waals surface area contributed by atoms with Gasteiger partial charge in [0.2, 0.25) is 0 Å². The first-order chi connectivity index (χ1) is 9.63. The van der Waals surface area contributed by atoms with E-state index in [1.165, 1.54) is 0 Å². The molecule has 0 bridgehead atoms. The fraction of sp³-hybridized carbons (Fsp3) is 0.500. The first kappa shape index (κ1) is 14.6. The van der Waals surface area contributed by atoms with E-state index in [1.807, 2.05) is 25.1 Å². The SMILES string of the molecule is CCOC(=O)C1CCCCN1C(=O)c1cccc(C)c1. The molecule has 1 amide bonds. The largest absolute Gasteiger partial charge is 0.464 e. The van der Waals surface area contributed by atoms with Gasteiger partial charge in [0.05, 0.1) is 6.61 Å². The van der Waals surface area contributed by atoms with Gasteiger partial charge in [-0.05, 0) is 45.2 Å². The maximum atomic E-state index is 12.6. The van der Waals surface area contributed by atoms with Crippen molar-refractivity contribution in [1.29, 1.82) is 0 Å². The number of aryl methyl sites for hydroxylation is 1. The Hall–Kier alpha value is -1.84. The van der Waals surface area contributed by atoms with Gasteiger partial charge >= 0.3 is 5.97 Å². The lowest BCUT2D eigenvalue weighted by Gasteiger charge is -2.34. The highest BCUT2D eigenvalue weighted by molar-refractivity contribution is 5.97. The topological polar surface area (TPSA) is 46.6 Å². The highest BCUT2D eigenvalue weighted by Crippen LogP contribution is 2.21. The van der Waals surface area contributed by atoms with Gasteiger partial charge in [0.1, 0.15) is 6.04 Å². The molecule has 20 heavy (non-hydrogen) atoms. The van der Waals surface area contributed by atoms with Crippen molar-refractivity contribution in [3.63, 3.8) is 0 Å². The lowest BCUT2D eigenvalue weighted by atomic mass is 10.0. The van der Waals surface area contributed by atoms with Crippen LogP contribution >= 0.6 is 0 Å². The zero-order chi connectivity index (χ0) is 14.5. The first-order valence-electron chi connectivity index (χ1n) is 7.17. The minimum absolute atomic E-state index is 0.0774. The van der Waals surface area contributed by atoms with Crippen LogP contribution in [0, 0.1) is 6.92 Å². The monoisotopic (exact) mass is 275 g/mol. The van der Waals surface area contributed by atoms with Crippen LogP contribution in [0.25, 0.3) is 0 Å². The third-order valence-electron chi connectivity index (χ3n) is 3.59. The number of likely N-dealkylation sites (tertiary alicyclic amines) is 1. The Balaban J connectivity index is 2.19. The number of hydrogen-bond acceptors (Lipinski definition) is 3. The Kier molecular flexibility index (Phi) is 4.77. The molecule has 1 saturated heterocycles. The second-order valence-corrected chi connectivity index (χ2v) is 5.13. The number of hydrogen-bond donors (Lipinski definition) is 0. The lowest BCUT2D eigenvalue weighted by molar-refractivity contribution is -0.149. The van der Waals surface area contributed by atoms with Crippen molar-refractivity contribution in [2.75, 3.05) is 13.2 Å². The van der Waals surface area contributed by atoms with Gasteiger partial charge in [-0.25, -0.2) is 4.79 Å². The van der Waals surface area contributed by atoms with Crippen molar-refractivity contribution >= 4 is 11.9 Å². The highest BCUT2D eigenvalue weighted by atomic mass is 16.5. The molecule has 4 nitrogen and oxygen atoms in total. The summed E-state index contributed by atoms with van der Waals surface area (Å²) in [5.74, 6) is -0.361. The van der Waals surface area contributed by atoms with Crippen LogP contribution in [0.1, 0.15) is 42.1 Å². The normalized spacial score (nSPS) is 18.7. The summed E-state index contributed by atoms with van der Waals surface area (Å²) >= 11 is 0. The first-order valence-corrected chi connectivity index (χ1v) is 7.17. The summed E-state index contributed by atoms with van der Waals surface area (Å²) in [6.07, 6.45) is 2.59. The van der Waals surface area contributed by atoms with Gasteiger partial charge < -0.3 is 9.64 Å². The van der Waals surface area contributed by atoms with Gasteiger partial charge in [-0.15, -0.1) is 0 Å². The van der Waals surface area contributed by atoms with Gasteiger partial charge in [0, 0.05) is 12.1 Å². The molecule has 0 N–H and O–H groups in total. The standard InChI is InChI=1S/C16H21NO3/c1-3-20-16(19)14-9-4-5-10-17(14)15(18)13-8-6-7-12(2)11-13/h6-8,11,14H,3-5,9-10H2,1-2H3. The zero-order valence-electron chi connectivity index (χ0n) is 12.1. The van der Waals surface area contributed by atoms with Crippen molar-refractivity contribution in [2.45, 2.75) is 39.2 Å². The molecule has 2 rings (SSSR count). The Bertz CT molecular complexity index is 498. The Morgan fingerprint density at radius 2 is 2.15 bits per heavy atom. The number of nitrogens with zero attached hydrogens (tertiary/aromatic N) is 1. The molecule has 1 aromatic carbocycles. The molecule has 0 spiro atoms. The summed E-state index contributed by atoms with van der Waals surface area (Å²) in [6.45, 7) is 4.71. The fourth-order valence-electron chi connectivity index (χ4n) is 2.60. The molecule has 1 aliphatic heterocycles. The minimum atomic E-state index is -0.434. The molecule has 1 heterocycles. The van der Waals surface area contributed by atoms with Gasteiger partial charge in [0.25, 0.3) is 5.91 Å². The molecule has 0 aromatic heterocycles. The summed E-state index contributed by atoms with van der Waals surface area (Å²) in [6, 6.07) is 7.05. The van der Waals surface area contributed by atoms with E-state index in [1.54, 1.807) is 17.9 Å². The van der Waals surface area contributed by atoms with Crippen LogP contribution < -0.4 is 0 Å². The molecule has 1 fully saturated rings. The number of ether oxygens (including phenoxy) is 1. The van der Waals surface area contributed by atoms with E-state index >= 15 is 0 Å². The van der Waals surface area contributed by atoms with Crippen molar-refractivity contribution in [3.8, 4) is 0 Å². The number of piperidine rings is 1. The molecule has 108 valence electrons. The second-order valence-electron chi connectivity index (χ2n) is 5.13. The Morgan fingerprint density at radius 3 is 2.85 bits per heavy atom. The smallest absolute Gasteiger partial charge is 0.328 e. The van der Waals surface area contributed by atoms with E-state index in [2.05, 4.69) is 0 Å². The van der Waals surface area contributed by atoms with Gasteiger partial charge in [-0.2, -0.15) is 0 Å². The molecule has 0 radical (unpaired) electrons. The summed E-state index contributed by atoms with van der Waals surface area (Å²) < 4.78 is 5.09. The molecule has 1 aromatic rings. The molecular formula is C16H21NO3. The number of amides is 1. The van der Waals surface area contributed by atoms with E-state index in [0.29, 0.717) is 25.1 Å². The van der Waals surface area contributed by atoms with Crippen LogP contribution in [0.3, 0.4) is 0 Å². The number of rotatable bonds is 3. The summed E-state index contributed by atoms with van der Waals surface area (Å²) in [5.41, 5.74) is 1.68. The van der Waals surface area contributed by atoms with Crippen molar-refractivity contribution < 1.29 is 14.3 Å². The molecule has 0 aliphatic carbocycles. The van der Waals surface area contributed by atoms with E-state index in [4.69, 9.17) is 4.74 Å². The summed E-state index contributed by atoms with van der Waals surface area (Å²) in [5, 5.41) is 0. The van der Waals surface area contributed by atoms with Crippen molar-refractivity contribution in [2.24, 2.45) is 0 Å². The fourth-order valence-corrected chi connectivity index (χ4v) is 2.60. The van der Waals surface area contributed by atoms with Crippen LogP contribution in [0.4, 0.5) is 0 Å². The maximum absolute atomic E-state index is 12.6. The minimum Gasteiger partial charge on any atom is -0.464 e. The average Bonchev–Trinajstić information content (AvgIpc) is 2.47. The zero-order valence-corrected chi connectivity index (χ0v) is 12.1. The van der Waals surface area contributed by atoms with Crippen LogP contribution in [-0.2, 0) is 9.53 Å².